The van der Waals surface area contributed by atoms with Crippen LogP contribution in [0, 0.1) is 0 Å². The van der Waals surface area contributed by atoms with Crippen molar-refractivity contribution in [3.8, 4) is 5.75 Å². The topological polar surface area (TPSA) is 59.9 Å². The Balaban J connectivity index is 1.38. The Kier molecular flexibility index (Phi) is 5.70. The molecule has 0 bridgehead atoms. The van der Waals surface area contributed by atoms with Crippen LogP contribution in [0.5, 0.6) is 5.75 Å². The molecule has 5 heteroatoms. The zero-order chi connectivity index (χ0) is 21.6. The molecule has 0 radical (unpaired) electrons. The van der Waals surface area contributed by atoms with Crippen LogP contribution >= 0.6 is 0 Å². The molecule has 5 aromatic rings. The van der Waals surface area contributed by atoms with Gasteiger partial charge in [-0.15, -0.1) is 5.10 Å². The van der Waals surface area contributed by atoms with Gasteiger partial charge in [0.25, 0.3) is 0 Å². The lowest BCUT2D eigenvalue weighted by Gasteiger charge is -2.12. The highest BCUT2D eigenvalue weighted by Gasteiger charge is 2.10. The number of fused-ring (bicyclic) bond motifs is 1. The number of ether oxygens (including phenoxy) is 1. The van der Waals surface area contributed by atoms with Crippen molar-refractivity contribution in [1.82, 2.24) is 15.2 Å². The van der Waals surface area contributed by atoms with Crippen LogP contribution in [0.2, 0.25) is 0 Å². The van der Waals surface area contributed by atoms with Crippen LogP contribution in [0.1, 0.15) is 16.8 Å². The van der Waals surface area contributed by atoms with Crippen molar-refractivity contribution in [3.63, 3.8) is 0 Å². The number of hydrogen-bond donors (Lipinski definition) is 1. The average molecular weight is 419 g/mol. The fourth-order valence-corrected chi connectivity index (χ4v) is 3.62. The van der Waals surface area contributed by atoms with E-state index in [0.717, 1.165) is 44.8 Å². The summed E-state index contributed by atoms with van der Waals surface area (Å²) in [5.74, 6) is 1.52. The minimum atomic E-state index is 0.525. The van der Waals surface area contributed by atoms with Crippen LogP contribution in [-0.4, -0.2) is 15.2 Å². The zero-order valence-corrected chi connectivity index (χ0v) is 17.5. The lowest BCUT2D eigenvalue weighted by Crippen LogP contribution is -2.02. The number of anilines is 2. The Hall–Kier alpha value is -4.25. The molecule has 156 valence electrons. The van der Waals surface area contributed by atoms with Gasteiger partial charge in [0.05, 0.1) is 5.69 Å². The Bertz CT molecular complexity index is 1320. The first-order valence-corrected chi connectivity index (χ1v) is 10.5. The fourth-order valence-electron chi connectivity index (χ4n) is 3.62. The molecule has 1 N–H and O–H groups in total. The molecule has 0 atom stereocenters. The van der Waals surface area contributed by atoms with Gasteiger partial charge in [-0.1, -0.05) is 60.7 Å². The molecule has 0 amide bonds. The molecule has 32 heavy (non-hydrogen) atoms. The zero-order valence-electron chi connectivity index (χ0n) is 17.5. The van der Waals surface area contributed by atoms with Gasteiger partial charge in [-0.3, -0.25) is 4.98 Å². The first-order chi connectivity index (χ1) is 15.8. The third kappa shape index (κ3) is 4.57. The summed E-state index contributed by atoms with van der Waals surface area (Å²) in [5, 5.41) is 14.6. The van der Waals surface area contributed by atoms with Gasteiger partial charge in [0.1, 0.15) is 12.4 Å². The van der Waals surface area contributed by atoms with Gasteiger partial charge < -0.3 is 10.1 Å². The van der Waals surface area contributed by atoms with Crippen LogP contribution < -0.4 is 10.1 Å². The monoisotopic (exact) mass is 418 g/mol. The van der Waals surface area contributed by atoms with E-state index in [1.807, 2.05) is 66.7 Å². The Morgan fingerprint density at radius 1 is 0.688 bits per heavy atom. The molecule has 3 aromatic carbocycles. The van der Waals surface area contributed by atoms with Gasteiger partial charge in [-0.2, -0.15) is 5.10 Å². The van der Waals surface area contributed by atoms with E-state index in [0.29, 0.717) is 13.0 Å². The Morgan fingerprint density at radius 2 is 1.47 bits per heavy atom. The van der Waals surface area contributed by atoms with Gasteiger partial charge in [-0.25, -0.2) is 0 Å². The van der Waals surface area contributed by atoms with Crippen molar-refractivity contribution in [3.05, 3.63) is 120 Å². The predicted octanol–water partition coefficient (Wildman–Crippen LogP) is 5.94. The summed E-state index contributed by atoms with van der Waals surface area (Å²) >= 11 is 0. The SMILES string of the molecule is c1ccc(COc2cccc(Nc3nnc(Cc4ccncc4)c4ccccc34)c2)cc1. The van der Waals surface area contributed by atoms with Crippen molar-refractivity contribution >= 4 is 22.3 Å². The summed E-state index contributed by atoms with van der Waals surface area (Å²) in [6.07, 6.45) is 4.31. The molecule has 0 aliphatic heterocycles. The standard InChI is InChI=1S/C27H22N4O/c1-2-7-21(8-3-1)19-32-23-10-6-9-22(18-23)29-27-25-12-5-4-11-24(25)26(30-31-27)17-20-13-15-28-16-14-20/h1-16,18H,17,19H2,(H,29,31). The molecule has 0 unspecified atom stereocenters. The Morgan fingerprint density at radius 3 is 2.31 bits per heavy atom. The summed E-state index contributed by atoms with van der Waals surface area (Å²) in [6, 6.07) is 30.2. The summed E-state index contributed by atoms with van der Waals surface area (Å²) in [6.45, 7) is 0.525. The predicted molar refractivity (Wildman–Crippen MR) is 127 cm³/mol. The molecule has 2 heterocycles. The molecule has 0 aliphatic rings. The van der Waals surface area contributed by atoms with Gasteiger partial charge in [0.2, 0.25) is 0 Å². The van der Waals surface area contributed by atoms with Crippen LogP contribution in [-0.2, 0) is 13.0 Å². The number of nitrogens with zero attached hydrogens (tertiary/aromatic N) is 3. The van der Waals surface area contributed by atoms with E-state index in [9.17, 15) is 0 Å². The van der Waals surface area contributed by atoms with E-state index in [4.69, 9.17) is 4.74 Å². The lowest BCUT2D eigenvalue weighted by atomic mass is 10.0. The molecule has 0 aliphatic carbocycles. The quantitative estimate of drug-likeness (QED) is 0.354. The van der Waals surface area contributed by atoms with E-state index in [-0.39, 0.29) is 0 Å². The molecule has 5 nitrogen and oxygen atoms in total. The lowest BCUT2D eigenvalue weighted by molar-refractivity contribution is 0.306. The number of aromatic nitrogens is 3. The van der Waals surface area contributed by atoms with E-state index < -0.39 is 0 Å². The number of rotatable bonds is 7. The molecular formula is C27H22N4O. The second-order valence-electron chi connectivity index (χ2n) is 7.50. The highest BCUT2D eigenvalue weighted by atomic mass is 16.5. The molecule has 5 rings (SSSR count). The second-order valence-corrected chi connectivity index (χ2v) is 7.50. The molecule has 0 fully saturated rings. The normalized spacial score (nSPS) is 10.8. The van der Waals surface area contributed by atoms with Crippen LogP contribution in [0.3, 0.4) is 0 Å². The second kappa shape index (κ2) is 9.27. The maximum absolute atomic E-state index is 5.96. The molecule has 0 saturated carbocycles. The highest BCUT2D eigenvalue weighted by molar-refractivity contribution is 5.94. The Labute approximate surface area is 186 Å². The van der Waals surface area contributed by atoms with Crippen LogP contribution in [0.25, 0.3) is 10.8 Å². The molecular weight excluding hydrogens is 396 g/mol. The fraction of sp³-hybridized carbons (Fsp3) is 0.0741. The third-order valence-electron chi connectivity index (χ3n) is 5.23. The average Bonchev–Trinajstić information content (AvgIpc) is 2.86. The van der Waals surface area contributed by atoms with Crippen LogP contribution in [0.4, 0.5) is 11.5 Å². The first kappa shape index (κ1) is 19.7. The third-order valence-corrected chi connectivity index (χ3v) is 5.23. The minimum absolute atomic E-state index is 0.525. The summed E-state index contributed by atoms with van der Waals surface area (Å²) in [4.78, 5) is 4.09. The summed E-state index contributed by atoms with van der Waals surface area (Å²) in [5.41, 5.74) is 4.13. The largest absolute Gasteiger partial charge is 0.489 e. The minimum Gasteiger partial charge on any atom is -0.489 e. The highest BCUT2D eigenvalue weighted by Crippen LogP contribution is 2.28. The van der Waals surface area contributed by atoms with Crippen LogP contribution in [0.15, 0.2) is 103 Å². The maximum atomic E-state index is 5.96. The van der Waals surface area contributed by atoms with E-state index >= 15 is 0 Å². The molecule has 2 aromatic heterocycles. The summed E-state index contributed by atoms with van der Waals surface area (Å²) < 4.78 is 5.96. The number of hydrogen-bond acceptors (Lipinski definition) is 5. The first-order valence-electron chi connectivity index (χ1n) is 10.5. The van der Waals surface area contributed by atoms with Gasteiger partial charge in [0, 0.05) is 41.3 Å². The van der Waals surface area contributed by atoms with Gasteiger partial charge in [0.15, 0.2) is 5.82 Å². The number of benzene rings is 3. The smallest absolute Gasteiger partial charge is 0.160 e. The molecule has 0 spiro atoms. The van der Waals surface area contributed by atoms with Crippen molar-refractivity contribution in [2.75, 3.05) is 5.32 Å². The van der Waals surface area contributed by atoms with E-state index in [1.165, 1.54) is 0 Å². The number of nitrogens with one attached hydrogen (secondary N) is 1. The van der Waals surface area contributed by atoms with Crippen molar-refractivity contribution < 1.29 is 4.74 Å². The van der Waals surface area contributed by atoms with E-state index in [2.05, 4.69) is 44.8 Å². The van der Waals surface area contributed by atoms with Gasteiger partial charge >= 0.3 is 0 Å². The summed E-state index contributed by atoms with van der Waals surface area (Å²) in [7, 11) is 0. The van der Waals surface area contributed by atoms with Gasteiger partial charge in [-0.05, 0) is 35.4 Å². The van der Waals surface area contributed by atoms with Crippen molar-refractivity contribution in [2.24, 2.45) is 0 Å². The van der Waals surface area contributed by atoms with E-state index in [1.54, 1.807) is 12.4 Å². The number of pyridine rings is 1. The maximum Gasteiger partial charge on any atom is 0.160 e. The van der Waals surface area contributed by atoms with Crippen molar-refractivity contribution in [2.45, 2.75) is 13.0 Å². The van der Waals surface area contributed by atoms with Crippen molar-refractivity contribution in [1.29, 1.82) is 0 Å². The molecule has 0 saturated heterocycles.